The molecule has 2 heterocycles. The van der Waals surface area contributed by atoms with Gasteiger partial charge >= 0.3 is 0 Å². The molecule has 0 unspecified atom stereocenters. The third-order valence-corrected chi connectivity index (χ3v) is 4.14. The summed E-state index contributed by atoms with van der Waals surface area (Å²) >= 11 is 3.38. The molecule has 4 nitrogen and oxygen atoms in total. The quantitative estimate of drug-likeness (QED) is 0.847. The van der Waals surface area contributed by atoms with Gasteiger partial charge in [0.25, 0.3) is 0 Å². The predicted molar refractivity (Wildman–Crippen MR) is 82.3 cm³/mol. The van der Waals surface area contributed by atoms with Crippen LogP contribution in [0.3, 0.4) is 0 Å². The van der Waals surface area contributed by atoms with Crippen LogP contribution in [-0.4, -0.2) is 30.2 Å². The summed E-state index contributed by atoms with van der Waals surface area (Å²) in [6, 6.07) is 8.63. The first-order valence-corrected chi connectivity index (χ1v) is 7.45. The Kier molecular flexibility index (Phi) is 3.87. The van der Waals surface area contributed by atoms with Gasteiger partial charge in [0.15, 0.2) is 0 Å². The van der Waals surface area contributed by atoms with Crippen molar-refractivity contribution in [3.8, 4) is 5.88 Å². The summed E-state index contributed by atoms with van der Waals surface area (Å²) in [5.41, 5.74) is 2.86. The van der Waals surface area contributed by atoms with Gasteiger partial charge in [0.2, 0.25) is 11.8 Å². The minimum atomic E-state index is 0.580. The van der Waals surface area contributed by atoms with Crippen molar-refractivity contribution >= 4 is 21.9 Å². The van der Waals surface area contributed by atoms with Crippen LogP contribution in [0.4, 0.5) is 5.95 Å². The van der Waals surface area contributed by atoms with Gasteiger partial charge in [-0.25, -0.2) is 4.98 Å². The van der Waals surface area contributed by atoms with Crippen LogP contribution in [0.15, 0.2) is 34.9 Å². The van der Waals surface area contributed by atoms with E-state index >= 15 is 0 Å². The average Bonchev–Trinajstić information content (AvgIpc) is 2.70. The van der Waals surface area contributed by atoms with Gasteiger partial charge < -0.3 is 9.64 Å². The number of halogens is 1. The molecule has 0 spiro atoms. The van der Waals surface area contributed by atoms with Gasteiger partial charge in [-0.1, -0.05) is 24.3 Å². The predicted octanol–water partition coefficient (Wildman–Crippen LogP) is 2.85. The van der Waals surface area contributed by atoms with Crippen LogP contribution >= 0.6 is 15.9 Å². The van der Waals surface area contributed by atoms with Gasteiger partial charge in [-0.05, 0) is 39.9 Å². The summed E-state index contributed by atoms with van der Waals surface area (Å²) in [6.07, 6.45) is 3.80. The van der Waals surface area contributed by atoms with Crippen molar-refractivity contribution in [2.45, 2.75) is 12.8 Å². The van der Waals surface area contributed by atoms with E-state index in [1.165, 1.54) is 11.1 Å². The Balaban J connectivity index is 1.83. The zero-order valence-electron chi connectivity index (χ0n) is 11.3. The molecule has 1 aromatic heterocycles. The number of methoxy groups -OCH3 is 1. The molecule has 0 radical (unpaired) electrons. The van der Waals surface area contributed by atoms with E-state index in [1.54, 1.807) is 13.3 Å². The molecule has 0 N–H and O–H groups in total. The number of rotatable bonds is 2. The fraction of sp³-hybridized carbons (Fsp3) is 0.333. The third-order valence-electron chi connectivity index (χ3n) is 3.60. The van der Waals surface area contributed by atoms with Crippen LogP contribution in [0.1, 0.15) is 11.1 Å². The number of hydrogen-bond acceptors (Lipinski definition) is 4. The van der Waals surface area contributed by atoms with Crippen molar-refractivity contribution in [3.63, 3.8) is 0 Å². The molecule has 0 bridgehead atoms. The van der Waals surface area contributed by atoms with Gasteiger partial charge in [0.05, 0.1) is 17.8 Å². The summed E-state index contributed by atoms with van der Waals surface area (Å²) in [4.78, 5) is 11.1. The smallest absolute Gasteiger partial charge is 0.232 e. The first kappa shape index (κ1) is 13.4. The lowest BCUT2D eigenvalue weighted by Gasteiger charge is -2.20. The number of benzene rings is 1. The van der Waals surface area contributed by atoms with E-state index in [-0.39, 0.29) is 0 Å². The molecule has 0 saturated carbocycles. The number of fused-ring (bicyclic) bond motifs is 1. The molecule has 1 aliphatic heterocycles. The van der Waals surface area contributed by atoms with Crippen molar-refractivity contribution in [1.82, 2.24) is 9.97 Å². The number of nitrogens with zero attached hydrogens (tertiary/aromatic N) is 3. The second-order valence-corrected chi connectivity index (χ2v) is 5.64. The van der Waals surface area contributed by atoms with Crippen LogP contribution in [0.5, 0.6) is 5.88 Å². The number of aromatic nitrogens is 2. The van der Waals surface area contributed by atoms with Crippen molar-refractivity contribution in [3.05, 3.63) is 46.1 Å². The SMILES string of the molecule is COc1nc(N2CCc3ccccc3CC2)ncc1Br. The fourth-order valence-electron chi connectivity index (χ4n) is 2.51. The van der Waals surface area contributed by atoms with E-state index in [0.29, 0.717) is 5.88 Å². The van der Waals surface area contributed by atoms with Crippen LogP contribution in [0, 0.1) is 0 Å². The minimum absolute atomic E-state index is 0.580. The number of hydrogen-bond donors (Lipinski definition) is 0. The van der Waals surface area contributed by atoms with Gasteiger partial charge in [-0.2, -0.15) is 4.98 Å². The number of ether oxygens (including phenoxy) is 1. The maximum absolute atomic E-state index is 5.24. The normalized spacial score (nSPS) is 14.6. The Morgan fingerprint density at radius 2 is 1.80 bits per heavy atom. The standard InChI is InChI=1S/C15H16BrN3O/c1-20-14-13(16)10-17-15(18-14)19-8-6-11-4-2-3-5-12(11)7-9-19/h2-5,10H,6-9H2,1H3. The molecule has 0 fully saturated rings. The Labute approximate surface area is 126 Å². The summed E-state index contributed by atoms with van der Waals surface area (Å²) in [6.45, 7) is 1.86. The number of anilines is 1. The maximum Gasteiger partial charge on any atom is 0.232 e. The molecule has 20 heavy (non-hydrogen) atoms. The molecule has 3 rings (SSSR count). The van der Waals surface area contributed by atoms with Gasteiger partial charge in [0, 0.05) is 13.1 Å². The minimum Gasteiger partial charge on any atom is -0.480 e. The first-order chi connectivity index (χ1) is 9.78. The lowest BCUT2D eigenvalue weighted by molar-refractivity contribution is 0.393. The van der Waals surface area contributed by atoms with Gasteiger partial charge in [-0.15, -0.1) is 0 Å². The molecule has 0 amide bonds. The maximum atomic E-state index is 5.24. The van der Waals surface area contributed by atoms with E-state index in [2.05, 4.69) is 55.1 Å². The molecule has 0 atom stereocenters. The Bertz CT molecular complexity index is 591. The lowest BCUT2D eigenvalue weighted by Crippen LogP contribution is -2.28. The van der Waals surface area contributed by atoms with E-state index in [0.717, 1.165) is 36.4 Å². The van der Waals surface area contributed by atoms with Gasteiger partial charge in [0.1, 0.15) is 0 Å². The summed E-state index contributed by atoms with van der Waals surface area (Å²) in [5, 5.41) is 0. The lowest BCUT2D eigenvalue weighted by atomic mass is 10.0. The summed E-state index contributed by atoms with van der Waals surface area (Å²) in [7, 11) is 1.62. The van der Waals surface area contributed by atoms with E-state index in [4.69, 9.17) is 4.74 Å². The highest BCUT2D eigenvalue weighted by Gasteiger charge is 2.17. The van der Waals surface area contributed by atoms with Crippen LogP contribution in [0.2, 0.25) is 0 Å². The Morgan fingerprint density at radius 3 is 2.40 bits per heavy atom. The van der Waals surface area contributed by atoms with E-state index < -0.39 is 0 Å². The molecule has 1 aliphatic rings. The first-order valence-electron chi connectivity index (χ1n) is 6.66. The zero-order valence-corrected chi connectivity index (χ0v) is 12.9. The monoisotopic (exact) mass is 333 g/mol. The van der Waals surface area contributed by atoms with Gasteiger partial charge in [-0.3, -0.25) is 0 Å². The summed E-state index contributed by atoms with van der Waals surface area (Å²) in [5.74, 6) is 1.31. The second-order valence-electron chi connectivity index (χ2n) is 4.78. The van der Waals surface area contributed by atoms with Crippen molar-refractivity contribution in [2.75, 3.05) is 25.1 Å². The second kappa shape index (κ2) is 5.79. The molecule has 5 heteroatoms. The average molecular weight is 334 g/mol. The fourth-order valence-corrected chi connectivity index (χ4v) is 2.86. The largest absolute Gasteiger partial charge is 0.480 e. The Morgan fingerprint density at radius 1 is 1.15 bits per heavy atom. The molecule has 104 valence electrons. The molecule has 0 aliphatic carbocycles. The Hall–Kier alpha value is -1.62. The van der Waals surface area contributed by atoms with E-state index in [9.17, 15) is 0 Å². The highest BCUT2D eigenvalue weighted by atomic mass is 79.9. The summed E-state index contributed by atoms with van der Waals surface area (Å²) < 4.78 is 6.02. The highest BCUT2D eigenvalue weighted by Crippen LogP contribution is 2.25. The van der Waals surface area contributed by atoms with Crippen molar-refractivity contribution in [1.29, 1.82) is 0 Å². The van der Waals surface area contributed by atoms with Crippen molar-refractivity contribution < 1.29 is 4.74 Å². The van der Waals surface area contributed by atoms with Crippen LogP contribution < -0.4 is 9.64 Å². The van der Waals surface area contributed by atoms with E-state index in [1.807, 2.05) is 0 Å². The molecule has 0 saturated heterocycles. The molecule has 2 aromatic rings. The molecular formula is C15H16BrN3O. The third kappa shape index (κ3) is 2.63. The zero-order chi connectivity index (χ0) is 13.9. The van der Waals surface area contributed by atoms with Crippen molar-refractivity contribution in [2.24, 2.45) is 0 Å². The van der Waals surface area contributed by atoms with Crippen LogP contribution in [0.25, 0.3) is 0 Å². The molecular weight excluding hydrogens is 318 g/mol. The highest BCUT2D eigenvalue weighted by molar-refractivity contribution is 9.10. The van der Waals surface area contributed by atoms with Crippen LogP contribution in [-0.2, 0) is 12.8 Å². The topological polar surface area (TPSA) is 38.2 Å². The molecule has 1 aromatic carbocycles.